The summed E-state index contributed by atoms with van der Waals surface area (Å²) in [6.07, 6.45) is 7.50. The van der Waals surface area contributed by atoms with Crippen LogP contribution in [-0.2, 0) is 5.41 Å². The summed E-state index contributed by atoms with van der Waals surface area (Å²) in [5.74, 6) is 0.461. The number of rotatable bonds is 6. The van der Waals surface area contributed by atoms with Crippen molar-refractivity contribution in [3.05, 3.63) is 227 Å². The first-order valence-electron chi connectivity index (χ1n) is 20.3. The van der Waals surface area contributed by atoms with E-state index in [0.717, 1.165) is 23.2 Å². The molecule has 0 N–H and O–H groups in total. The van der Waals surface area contributed by atoms with Gasteiger partial charge in [0.25, 0.3) is 0 Å². The minimum absolute atomic E-state index is 0.417. The number of aromatic nitrogens is 2. The van der Waals surface area contributed by atoms with Crippen LogP contribution in [0.3, 0.4) is 0 Å². The monoisotopic (exact) mass is 740 g/mol. The molecule has 2 heterocycles. The molecular formula is C56H40N2. The Balaban J connectivity index is 0.956. The predicted molar refractivity (Wildman–Crippen MR) is 241 cm³/mol. The molecule has 0 saturated heterocycles. The van der Waals surface area contributed by atoms with E-state index in [4.69, 9.17) is 4.98 Å². The fourth-order valence-corrected chi connectivity index (χ4v) is 9.51. The van der Waals surface area contributed by atoms with Gasteiger partial charge in [-0.05, 0) is 126 Å². The summed E-state index contributed by atoms with van der Waals surface area (Å²) in [6.45, 7) is 2.25. The second-order valence-electron chi connectivity index (χ2n) is 15.8. The lowest BCUT2D eigenvalue weighted by Crippen LogP contribution is -2.34. The number of fused-ring (bicyclic) bond motifs is 5. The van der Waals surface area contributed by atoms with Gasteiger partial charge in [-0.25, -0.2) is 4.98 Å². The average Bonchev–Trinajstić information content (AvgIpc) is 3.59. The maximum absolute atomic E-state index is 5.05. The SMILES string of the molecule is CC1C=c2nc(-c3ccccn3)cc(-c3ccc(-c4ccc5cc(-c6ccc7c(c6)C(c6ccccc6)(c6ccccc6)c6ccccc6-7)ccc5c4)cc3)c2=CC1. The van der Waals surface area contributed by atoms with Crippen LogP contribution in [0, 0.1) is 5.92 Å². The van der Waals surface area contributed by atoms with Crippen molar-refractivity contribution >= 4 is 22.9 Å². The van der Waals surface area contributed by atoms with Crippen LogP contribution in [0.4, 0.5) is 0 Å². The molecule has 2 aromatic heterocycles. The number of nitrogens with zero attached hydrogens (tertiary/aromatic N) is 2. The van der Waals surface area contributed by atoms with Crippen molar-refractivity contribution < 1.29 is 0 Å². The minimum atomic E-state index is -0.417. The van der Waals surface area contributed by atoms with Gasteiger partial charge in [0.05, 0.1) is 22.2 Å². The number of hydrogen-bond donors (Lipinski definition) is 0. The maximum atomic E-state index is 5.05. The zero-order valence-electron chi connectivity index (χ0n) is 32.3. The molecule has 7 aromatic carbocycles. The molecule has 274 valence electrons. The molecule has 11 rings (SSSR count). The lowest BCUT2D eigenvalue weighted by molar-refractivity contribution is 0.769. The highest BCUT2D eigenvalue weighted by atomic mass is 14.8. The Morgan fingerprint density at radius 1 is 0.466 bits per heavy atom. The van der Waals surface area contributed by atoms with Crippen LogP contribution in [0.2, 0.25) is 0 Å². The van der Waals surface area contributed by atoms with Gasteiger partial charge in [-0.1, -0.05) is 171 Å². The summed E-state index contributed by atoms with van der Waals surface area (Å²) in [6, 6.07) is 69.1. The summed E-state index contributed by atoms with van der Waals surface area (Å²) in [5, 5.41) is 4.71. The zero-order chi connectivity index (χ0) is 38.6. The standard InChI is InChI=1S/C56H40N2/c1-37-19-29-49-50(36-55(58-54(49)32-37)53-18-10-11-31-57-53)39-22-20-38(21-23-39)40-24-25-42-34-43(27-26-41(42)33-40)44-28-30-48-47-16-8-9-17-51(47)56(52(48)35-44,45-12-4-2-5-13-45)46-14-6-3-7-15-46/h2-18,20-37H,19H2,1H3. The minimum Gasteiger partial charge on any atom is -0.255 e. The van der Waals surface area contributed by atoms with Crippen LogP contribution in [0.15, 0.2) is 194 Å². The largest absolute Gasteiger partial charge is 0.255 e. The molecule has 2 nitrogen and oxygen atoms in total. The van der Waals surface area contributed by atoms with Crippen molar-refractivity contribution in [3.8, 4) is 55.9 Å². The van der Waals surface area contributed by atoms with Crippen LogP contribution in [0.1, 0.15) is 35.6 Å². The second-order valence-corrected chi connectivity index (χ2v) is 15.8. The van der Waals surface area contributed by atoms with Crippen LogP contribution in [0.25, 0.3) is 78.8 Å². The van der Waals surface area contributed by atoms with Crippen LogP contribution >= 0.6 is 0 Å². The van der Waals surface area contributed by atoms with Crippen molar-refractivity contribution in [3.63, 3.8) is 0 Å². The number of hydrogen-bond acceptors (Lipinski definition) is 2. The quantitative estimate of drug-likeness (QED) is 0.170. The third-order valence-electron chi connectivity index (χ3n) is 12.3. The van der Waals surface area contributed by atoms with Gasteiger partial charge in [0.15, 0.2) is 0 Å². The molecule has 2 heteroatoms. The lowest BCUT2D eigenvalue weighted by atomic mass is 9.67. The third-order valence-corrected chi connectivity index (χ3v) is 12.3. The molecular weight excluding hydrogens is 701 g/mol. The van der Waals surface area contributed by atoms with Crippen molar-refractivity contribution in [2.24, 2.45) is 5.92 Å². The summed E-state index contributed by atoms with van der Waals surface area (Å²) in [4.78, 5) is 9.66. The Bertz CT molecular complexity index is 3090. The molecule has 0 amide bonds. The molecule has 9 aromatic rings. The topological polar surface area (TPSA) is 25.8 Å². The Kier molecular flexibility index (Phi) is 8.11. The summed E-state index contributed by atoms with van der Waals surface area (Å²) in [7, 11) is 0. The van der Waals surface area contributed by atoms with E-state index >= 15 is 0 Å². The normalized spacial score (nSPS) is 14.8. The van der Waals surface area contributed by atoms with Crippen molar-refractivity contribution in [1.82, 2.24) is 9.97 Å². The molecule has 2 aliphatic rings. The Labute approximate surface area is 339 Å². The molecule has 0 saturated carbocycles. The first-order chi connectivity index (χ1) is 28.6. The first kappa shape index (κ1) is 34.1. The molecule has 0 radical (unpaired) electrons. The van der Waals surface area contributed by atoms with E-state index in [-0.39, 0.29) is 0 Å². The summed E-state index contributed by atoms with van der Waals surface area (Å²) >= 11 is 0. The maximum Gasteiger partial charge on any atom is 0.0899 e. The van der Waals surface area contributed by atoms with Crippen molar-refractivity contribution in [1.29, 1.82) is 0 Å². The Morgan fingerprint density at radius 3 is 1.76 bits per heavy atom. The van der Waals surface area contributed by atoms with Crippen LogP contribution in [-0.4, -0.2) is 9.97 Å². The van der Waals surface area contributed by atoms with E-state index < -0.39 is 5.41 Å². The van der Waals surface area contributed by atoms with Gasteiger partial charge in [0, 0.05) is 11.4 Å². The number of benzene rings is 7. The van der Waals surface area contributed by atoms with Gasteiger partial charge in [-0.15, -0.1) is 0 Å². The molecule has 0 spiro atoms. The number of pyridine rings is 2. The fourth-order valence-electron chi connectivity index (χ4n) is 9.51. The van der Waals surface area contributed by atoms with Crippen LogP contribution < -0.4 is 10.6 Å². The second kappa shape index (κ2) is 13.8. The van der Waals surface area contributed by atoms with E-state index in [0.29, 0.717) is 5.92 Å². The molecule has 0 bridgehead atoms. The van der Waals surface area contributed by atoms with Gasteiger partial charge in [-0.2, -0.15) is 0 Å². The van der Waals surface area contributed by atoms with Crippen LogP contribution in [0.5, 0.6) is 0 Å². The predicted octanol–water partition coefficient (Wildman–Crippen LogP) is 12.3. The van der Waals surface area contributed by atoms with Gasteiger partial charge in [0.1, 0.15) is 0 Å². The zero-order valence-corrected chi connectivity index (χ0v) is 32.3. The Hall–Kier alpha value is -7.16. The Morgan fingerprint density at radius 2 is 1.05 bits per heavy atom. The molecule has 0 aliphatic heterocycles. The molecule has 1 unspecified atom stereocenters. The van der Waals surface area contributed by atoms with E-state index in [1.807, 2.05) is 24.4 Å². The van der Waals surface area contributed by atoms with Crippen molar-refractivity contribution in [2.45, 2.75) is 18.8 Å². The van der Waals surface area contributed by atoms with E-state index in [1.165, 1.54) is 82.8 Å². The average molecular weight is 741 g/mol. The van der Waals surface area contributed by atoms with Gasteiger partial charge < -0.3 is 0 Å². The van der Waals surface area contributed by atoms with Gasteiger partial charge >= 0.3 is 0 Å². The molecule has 0 fully saturated rings. The molecule has 1 atom stereocenters. The molecule has 2 aliphatic carbocycles. The van der Waals surface area contributed by atoms with Crippen molar-refractivity contribution in [2.75, 3.05) is 0 Å². The lowest BCUT2D eigenvalue weighted by Gasteiger charge is -2.34. The van der Waals surface area contributed by atoms with Gasteiger partial charge in [0.2, 0.25) is 0 Å². The highest BCUT2D eigenvalue weighted by molar-refractivity contribution is 5.93. The van der Waals surface area contributed by atoms with E-state index in [9.17, 15) is 0 Å². The van der Waals surface area contributed by atoms with Gasteiger partial charge in [-0.3, -0.25) is 4.98 Å². The highest BCUT2D eigenvalue weighted by Gasteiger charge is 2.46. The third kappa shape index (κ3) is 5.56. The fraction of sp³-hybridized carbons (Fsp3) is 0.0714. The summed E-state index contributed by atoms with van der Waals surface area (Å²) in [5.41, 5.74) is 16.4. The van der Waals surface area contributed by atoms with E-state index in [2.05, 4.69) is 194 Å². The van der Waals surface area contributed by atoms with E-state index in [1.54, 1.807) is 0 Å². The smallest absolute Gasteiger partial charge is 0.0899 e. The summed E-state index contributed by atoms with van der Waals surface area (Å²) < 4.78 is 0. The first-order valence-corrected chi connectivity index (χ1v) is 20.3. The highest BCUT2D eigenvalue weighted by Crippen LogP contribution is 2.56. The molecule has 58 heavy (non-hydrogen) atoms.